The Morgan fingerprint density at radius 2 is 2.38 bits per heavy atom. The molecule has 0 amide bonds. The molecule has 7 heteroatoms. The minimum absolute atomic E-state index is 0.298. The Labute approximate surface area is 133 Å². The van der Waals surface area contributed by atoms with E-state index in [0.717, 1.165) is 38.2 Å². The summed E-state index contributed by atoms with van der Waals surface area (Å²) in [5, 5.41) is 4.11. The molecule has 2 aromatic heterocycles. The predicted octanol–water partition coefficient (Wildman–Crippen LogP) is 2.77. The van der Waals surface area contributed by atoms with Gasteiger partial charge in [-0.3, -0.25) is 9.88 Å². The number of hydrogen-bond acceptors (Lipinski definition) is 6. The van der Waals surface area contributed by atoms with Gasteiger partial charge in [0.15, 0.2) is 0 Å². The third-order valence-corrected chi connectivity index (χ3v) is 4.48. The van der Waals surface area contributed by atoms with Gasteiger partial charge in [0.1, 0.15) is 10.0 Å². The monoisotopic (exact) mass is 324 g/mol. The number of ether oxygens (including phenoxy) is 1. The van der Waals surface area contributed by atoms with Gasteiger partial charge >= 0.3 is 0 Å². The standard InChI is InChI=1S/C14H17ClN4OS/c15-14-13(17-18-21-14)10-19(9-12-4-2-6-20-12)8-11-3-1-5-16-7-11/h1,3,5,7,12H,2,4,6,8-10H2. The van der Waals surface area contributed by atoms with Gasteiger partial charge in [0.05, 0.1) is 6.10 Å². The first-order chi connectivity index (χ1) is 10.3. The molecule has 2 aromatic rings. The lowest BCUT2D eigenvalue weighted by molar-refractivity contribution is 0.0674. The van der Waals surface area contributed by atoms with E-state index < -0.39 is 0 Å². The quantitative estimate of drug-likeness (QED) is 0.817. The van der Waals surface area contributed by atoms with Crippen molar-refractivity contribution < 1.29 is 4.74 Å². The largest absolute Gasteiger partial charge is 0.377 e. The predicted molar refractivity (Wildman–Crippen MR) is 82.2 cm³/mol. The van der Waals surface area contributed by atoms with Gasteiger partial charge in [0.25, 0.3) is 0 Å². The number of nitrogens with zero attached hydrogens (tertiary/aromatic N) is 4. The third kappa shape index (κ3) is 4.20. The zero-order chi connectivity index (χ0) is 14.5. The van der Waals surface area contributed by atoms with E-state index in [-0.39, 0.29) is 0 Å². The summed E-state index contributed by atoms with van der Waals surface area (Å²) in [6, 6.07) is 4.04. The van der Waals surface area contributed by atoms with Crippen LogP contribution in [0, 0.1) is 0 Å². The molecular weight excluding hydrogens is 308 g/mol. The molecule has 112 valence electrons. The van der Waals surface area contributed by atoms with Crippen molar-refractivity contribution >= 4 is 23.1 Å². The van der Waals surface area contributed by atoms with Gasteiger partial charge in [-0.05, 0) is 24.5 Å². The average molecular weight is 325 g/mol. The van der Waals surface area contributed by atoms with Crippen LogP contribution in [0.15, 0.2) is 24.5 Å². The summed E-state index contributed by atoms with van der Waals surface area (Å²) in [5.74, 6) is 0. The Bertz CT molecular complexity index is 559. The fraction of sp³-hybridized carbons (Fsp3) is 0.500. The summed E-state index contributed by atoms with van der Waals surface area (Å²) in [6.45, 7) is 3.23. The topological polar surface area (TPSA) is 51.1 Å². The van der Waals surface area contributed by atoms with E-state index in [0.29, 0.717) is 17.0 Å². The molecule has 3 heterocycles. The summed E-state index contributed by atoms with van der Waals surface area (Å²) < 4.78 is 10.3. The highest BCUT2D eigenvalue weighted by atomic mass is 35.5. The second-order valence-corrected chi connectivity index (χ2v) is 6.52. The molecule has 1 fully saturated rings. The summed E-state index contributed by atoms with van der Waals surface area (Å²) in [7, 11) is 0. The molecule has 1 aliphatic rings. The molecule has 21 heavy (non-hydrogen) atoms. The van der Waals surface area contributed by atoms with E-state index in [1.807, 2.05) is 12.3 Å². The van der Waals surface area contributed by atoms with Crippen molar-refractivity contribution in [1.82, 2.24) is 19.5 Å². The molecule has 0 radical (unpaired) electrons. The molecule has 1 atom stereocenters. The van der Waals surface area contributed by atoms with Gasteiger partial charge < -0.3 is 4.74 Å². The molecular formula is C14H17ClN4OS. The van der Waals surface area contributed by atoms with E-state index in [1.54, 1.807) is 6.20 Å². The highest BCUT2D eigenvalue weighted by molar-refractivity contribution is 7.10. The maximum Gasteiger partial charge on any atom is 0.138 e. The van der Waals surface area contributed by atoms with Crippen molar-refractivity contribution in [3.05, 3.63) is 40.1 Å². The van der Waals surface area contributed by atoms with Crippen molar-refractivity contribution in [3.63, 3.8) is 0 Å². The van der Waals surface area contributed by atoms with Crippen molar-refractivity contribution in [3.8, 4) is 0 Å². The molecule has 0 saturated carbocycles. The van der Waals surface area contributed by atoms with Crippen LogP contribution in [-0.4, -0.2) is 38.7 Å². The number of hydrogen-bond donors (Lipinski definition) is 0. The second-order valence-electron chi connectivity index (χ2n) is 5.16. The Kier molecular flexibility index (Phi) is 5.13. The van der Waals surface area contributed by atoms with Gasteiger partial charge in [-0.15, -0.1) is 5.10 Å². The Morgan fingerprint density at radius 1 is 1.43 bits per heavy atom. The van der Waals surface area contributed by atoms with Crippen LogP contribution in [0.25, 0.3) is 0 Å². The summed E-state index contributed by atoms with van der Waals surface area (Å²) >= 11 is 7.36. The molecule has 5 nitrogen and oxygen atoms in total. The van der Waals surface area contributed by atoms with E-state index in [9.17, 15) is 0 Å². The molecule has 0 aromatic carbocycles. The normalized spacial score (nSPS) is 18.5. The highest BCUT2D eigenvalue weighted by Gasteiger charge is 2.21. The minimum Gasteiger partial charge on any atom is -0.377 e. The first kappa shape index (κ1) is 14.8. The maximum atomic E-state index is 6.13. The SMILES string of the molecule is Clc1snnc1CN(Cc1cccnc1)CC1CCCO1. The average Bonchev–Trinajstić information content (AvgIpc) is 3.13. The molecule has 1 aliphatic heterocycles. The number of halogens is 1. The zero-order valence-corrected chi connectivity index (χ0v) is 13.2. The molecule has 1 saturated heterocycles. The van der Waals surface area contributed by atoms with Gasteiger partial charge in [0.2, 0.25) is 0 Å². The minimum atomic E-state index is 0.298. The van der Waals surface area contributed by atoms with Crippen molar-refractivity contribution in [2.24, 2.45) is 0 Å². The van der Waals surface area contributed by atoms with E-state index in [4.69, 9.17) is 16.3 Å². The van der Waals surface area contributed by atoms with E-state index in [2.05, 4.69) is 25.5 Å². The molecule has 0 aliphatic carbocycles. The van der Waals surface area contributed by atoms with Crippen molar-refractivity contribution in [1.29, 1.82) is 0 Å². The van der Waals surface area contributed by atoms with Crippen LogP contribution in [0.5, 0.6) is 0 Å². The van der Waals surface area contributed by atoms with Crippen molar-refractivity contribution in [2.45, 2.75) is 32.0 Å². The summed E-state index contributed by atoms with van der Waals surface area (Å²) in [5.41, 5.74) is 2.01. The highest BCUT2D eigenvalue weighted by Crippen LogP contribution is 2.21. The fourth-order valence-electron chi connectivity index (χ4n) is 2.51. The van der Waals surface area contributed by atoms with Crippen LogP contribution in [0.4, 0.5) is 0 Å². The molecule has 0 N–H and O–H groups in total. The van der Waals surface area contributed by atoms with Gasteiger partial charge in [-0.2, -0.15) is 0 Å². The zero-order valence-electron chi connectivity index (χ0n) is 11.6. The lowest BCUT2D eigenvalue weighted by Gasteiger charge is -2.24. The molecule has 0 bridgehead atoms. The van der Waals surface area contributed by atoms with Crippen LogP contribution in [0.3, 0.4) is 0 Å². The Morgan fingerprint density at radius 3 is 3.05 bits per heavy atom. The first-order valence-electron chi connectivity index (χ1n) is 7.01. The number of rotatable bonds is 6. The van der Waals surface area contributed by atoms with Crippen LogP contribution < -0.4 is 0 Å². The first-order valence-corrected chi connectivity index (χ1v) is 8.16. The fourth-order valence-corrected chi connectivity index (χ4v) is 3.13. The van der Waals surface area contributed by atoms with Gasteiger partial charge in [0, 0.05) is 50.2 Å². The van der Waals surface area contributed by atoms with Crippen LogP contribution in [0.2, 0.25) is 4.34 Å². The van der Waals surface area contributed by atoms with Crippen LogP contribution in [-0.2, 0) is 17.8 Å². The number of pyridine rings is 1. The molecule has 0 spiro atoms. The molecule has 1 unspecified atom stereocenters. The van der Waals surface area contributed by atoms with E-state index in [1.165, 1.54) is 17.1 Å². The van der Waals surface area contributed by atoms with Gasteiger partial charge in [-0.1, -0.05) is 22.2 Å². The smallest absolute Gasteiger partial charge is 0.138 e. The second kappa shape index (κ2) is 7.26. The Balaban J connectivity index is 1.69. The summed E-state index contributed by atoms with van der Waals surface area (Å²) in [6.07, 6.45) is 6.24. The number of aromatic nitrogens is 3. The van der Waals surface area contributed by atoms with E-state index >= 15 is 0 Å². The third-order valence-electron chi connectivity index (χ3n) is 3.50. The Hall–Kier alpha value is -1.08. The van der Waals surface area contributed by atoms with Crippen LogP contribution >= 0.6 is 23.1 Å². The lowest BCUT2D eigenvalue weighted by Crippen LogP contribution is -2.31. The molecule has 3 rings (SSSR count). The lowest BCUT2D eigenvalue weighted by atomic mass is 10.2. The maximum absolute atomic E-state index is 6.13. The van der Waals surface area contributed by atoms with Crippen LogP contribution in [0.1, 0.15) is 24.1 Å². The van der Waals surface area contributed by atoms with Crippen molar-refractivity contribution in [2.75, 3.05) is 13.2 Å². The summed E-state index contributed by atoms with van der Waals surface area (Å²) in [4.78, 5) is 6.48. The van der Waals surface area contributed by atoms with Gasteiger partial charge in [-0.25, -0.2) is 0 Å².